The third-order valence-corrected chi connectivity index (χ3v) is 4.47. The van der Waals surface area contributed by atoms with Crippen LogP contribution in [0.2, 0.25) is 0 Å². The fraction of sp³-hybridized carbons (Fsp3) is 0.474. The molecule has 1 heterocycles. The number of aryl methyl sites for hydroxylation is 2. The van der Waals surface area contributed by atoms with E-state index in [9.17, 15) is 0 Å². The first-order chi connectivity index (χ1) is 12.0. The molecule has 6 heteroatoms. The van der Waals surface area contributed by atoms with E-state index in [2.05, 4.69) is 63.9 Å². The van der Waals surface area contributed by atoms with Gasteiger partial charge in [-0.25, -0.2) is 0 Å². The van der Waals surface area contributed by atoms with E-state index in [4.69, 9.17) is 0 Å². The van der Waals surface area contributed by atoms with Crippen molar-refractivity contribution in [3.05, 3.63) is 47.3 Å². The molecule has 0 atom stereocenters. The molecule has 0 aliphatic carbocycles. The molecule has 2 aromatic rings. The van der Waals surface area contributed by atoms with Crippen LogP contribution in [-0.4, -0.2) is 42.9 Å². The molecule has 0 bridgehead atoms. The van der Waals surface area contributed by atoms with Crippen LogP contribution in [0.25, 0.3) is 0 Å². The lowest BCUT2D eigenvalue weighted by Crippen LogP contribution is -2.38. The molecule has 136 valence electrons. The second-order valence-corrected chi connectivity index (χ2v) is 6.24. The van der Waals surface area contributed by atoms with Crippen molar-refractivity contribution in [1.82, 2.24) is 20.4 Å². The van der Waals surface area contributed by atoms with Crippen molar-refractivity contribution in [2.24, 2.45) is 12.0 Å². The number of benzene rings is 1. The molecule has 0 amide bonds. The monoisotopic (exact) mass is 342 g/mol. The molecule has 0 radical (unpaired) electrons. The molecule has 0 spiro atoms. The van der Waals surface area contributed by atoms with Gasteiger partial charge in [0, 0.05) is 57.7 Å². The van der Waals surface area contributed by atoms with Gasteiger partial charge in [0.25, 0.3) is 0 Å². The summed E-state index contributed by atoms with van der Waals surface area (Å²) in [6.07, 6.45) is 1.04. The Labute approximate surface area is 151 Å². The summed E-state index contributed by atoms with van der Waals surface area (Å²) in [6, 6.07) is 10.4. The van der Waals surface area contributed by atoms with Gasteiger partial charge in [-0.3, -0.25) is 9.67 Å². The number of guanidine groups is 1. The summed E-state index contributed by atoms with van der Waals surface area (Å²) in [6.45, 7) is 6.73. The smallest absolute Gasteiger partial charge is 0.191 e. The van der Waals surface area contributed by atoms with Crippen molar-refractivity contribution in [3.63, 3.8) is 0 Å². The predicted molar refractivity (Wildman–Crippen MR) is 105 cm³/mol. The fourth-order valence-electron chi connectivity index (χ4n) is 2.80. The van der Waals surface area contributed by atoms with Gasteiger partial charge >= 0.3 is 0 Å². The number of aromatic nitrogens is 2. The normalized spacial score (nSPS) is 11.5. The van der Waals surface area contributed by atoms with Gasteiger partial charge in [-0.15, -0.1) is 0 Å². The zero-order valence-electron chi connectivity index (χ0n) is 16.0. The number of aliphatic imine (C=N–C) groups is 1. The van der Waals surface area contributed by atoms with Crippen LogP contribution in [0.1, 0.15) is 23.4 Å². The Bertz CT molecular complexity index is 689. The number of nitrogens with one attached hydrogen (secondary N) is 2. The molecule has 0 fully saturated rings. The fourth-order valence-corrected chi connectivity index (χ4v) is 2.80. The lowest BCUT2D eigenvalue weighted by Gasteiger charge is -2.19. The van der Waals surface area contributed by atoms with Gasteiger partial charge in [0.05, 0.1) is 5.69 Å². The number of anilines is 1. The Balaban J connectivity index is 1.73. The van der Waals surface area contributed by atoms with Gasteiger partial charge in [0.2, 0.25) is 0 Å². The summed E-state index contributed by atoms with van der Waals surface area (Å²) in [5.74, 6) is 0.824. The zero-order chi connectivity index (χ0) is 18.2. The zero-order valence-corrected chi connectivity index (χ0v) is 16.0. The summed E-state index contributed by atoms with van der Waals surface area (Å²) in [4.78, 5) is 6.56. The van der Waals surface area contributed by atoms with Crippen molar-refractivity contribution in [1.29, 1.82) is 0 Å². The molecule has 0 aliphatic heterocycles. The van der Waals surface area contributed by atoms with E-state index in [1.807, 2.05) is 24.7 Å². The van der Waals surface area contributed by atoms with Crippen LogP contribution in [0.15, 0.2) is 35.3 Å². The van der Waals surface area contributed by atoms with Gasteiger partial charge in [0.15, 0.2) is 5.96 Å². The van der Waals surface area contributed by atoms with Crippen LogP contribution < -0.4 is 15.5 Å². The van der Waals surface area contributed by atoms with Crippen molar-refractivity contribution >= 4 is 11.6 Å². The van der Waals surface area contributed by atoms with E-state index in [0.717, 1.165) is 37.7 Å². The van der Waals surface area contributed by atoms with E-state index in [1.165, 1.54) is 16.9 Å². The van der Waals surface area contributed by atoms with Crippen LogP contribution >= 0.6 is 0 Å². The lowest BCUT2D eigenvalue weighted by atomic mass is 10.2. The Kier molecular flexibility index (Phi) is 6.86. The van der Waals surface area contributed by atoms with Gasteiger partial charge in [-0.2, -0.15) is 5.10 Å². The van der Waals surface area contributed by atoms with Crippen LogP contribution in [0.5, 0.6) is 0 Å². The lowest BCUT2D eigenvalue weighted by molar-refractivity contribution is 0.723. The van der Waals surface area contributed by atoms with Gasteiger partial charge in [-0.05, 0) is 32.4 Å². The number of hydrogen-bond donors (Lipinski definition) is 2. The summed E-state index contributed by atoms with van der Waals surface area (Å²) < 4.78 is 1.92. The molecule has 0 saturated heterocycles. The number of nitrogens with zero attached hydrogens (tertiary/aromatic N) is 4. The first kappa shape index (κ1) is 18.8. The summed E-state index contributed by atoms with van der Waals surface area (Å²) in [7, 11) is 5.90. The van der Waals surface area contributed by atoms with Crippen molar-refractivity contribution in [2.45, 2.75) is 26.8 Å². The molecular formula is C19H30N6. The van der Waals surface area contributed by atoms with E-state index in [0.29, 0.717) is 0 Å². The number of para-hydroxylation sites is 1. The topological polar surface area (TPSA) is 57.5 Å². The van der Waals surface area contributed by atoms with Gasteiger partial charge in [-0.1, -0.05) is 18.2 Å². The Hall–Kier alpha value is -2.50. The number of rotatable bonds is 7. The van der Waals surface area contributed by atoms with Gasteiger partial charge < -0.3 is 15.5 Å². The molecule has 1 aromatic carbocycles. The third-order valence-electron chi connectivity index (χ3n) is 4.47. The second kappa shape index (κ2) is 9.11. The Morgan fingerprint density at radius 1 is 1.20 bits per heavy atom. The second-order valence-electron chi connectivity index (χ2n) is 6.24. The maximum atomic E-state index is 4.45. The summed E-state index contributed by atoms with van der Waals surface area (Å²) in [5, 5.41) is 11.2. The minimum Gasteiger partial charge on any atom is -0.375 e. The highest BCUT2D eigenvalue weighted by Crippen LogP contribution is 2.11. The van der Waals surface area contributed by atoms with E-state index < -0.39 is 0 Å². The first-order valence-corrected chi connectivity index (χ1v) is 8.72. The van der Waals surface area contributed by atoms with E-state index in [-0.39, 0.29) is 0 Å². The van der Waals surface area contributed by atoms with E-state index in [1.54, 1.807) is 7.05 Å². The molecule has 0 aliphatic rings. The van der Waals surface area contributed by atoms with Gasteiger partial charge in [0.1, 0.15) is 0 Å². The SMILES string of the molecule is CN=C(NCCCN(C)c1ccccc1)NCc1c(C)nn(C)c1C. The predicted octanol–water partition coefficient (Wildman–Crippen LogP) is 2.23. The quantitative estimate of drug-likeness (QED) is 0.460. The molecule has 0 saturated carbocycles. The summed E-state index contributed by atoms with van der Waals surface area (Å²) >= 11 is 0. The molecule has 6 nitrogen and oxygen atoms in total. The van der Waals surface area contributed by atoms with Crippen molar-refractivity contribution < 1.29 is 0 Å². The average Bonchev–Trinajstić information content (AvgIpc) is 2.87. The van der Waals surface area contributed by atoms with Crippen molar-refractivity contribution in [2.75, 3.05) is 32.1 Å². The highest BCUT2D eigenvalue weighted by molar-refractivity contribution is 5.79. The number of hydrogen-bond acceptors (Lipinski definition) is 3. The third kappa shape index (κ3) is 5.24. The maximum Gasteiger partial charge on any atom is 0.191 e. The molecular weight excluding hydrogens is 312 g/mol. The largest absolute Gasteiger partial charge is 0.375 e. The molecule has 2 N–H and O–H groups in total. The highest BCUT2D eigenvalue weighted by atomic mass is 15.3. The van der Waals surface area contributed by atoms with Crippen LogP contribution in [0.4, 0.5) is 5.69 Å². The molecule has 1 aromatic heterocycles. The molecule has 25 heavy (non-hydrogen) atoms. The molecule has 0 unspecified atom stereocenters. The average molecular weight is 342 g/mol. The first-order valence-electron chi connectivity index (χ1n) is 8.72. The standard InChI is InChI=1S/C19H30N6/c1-15-18(16(2)25(5)23-15)14-22-19(20-3)21-12-9-13-24(4)17-10-7-6-8-11-17/h6-8,10-11H,9,12-14H2,1-5H3,(H2,20,21,22). The summed E-state index contributed by atoms with van der Waals surface area (Å²) in [5.41, 5.74) is 4.72. The van der Waals surface area contributed by atoms with Crippen LogP contribution in [0.3, 0.4) is 0 Å². The van der Waals surface area contributed by atoms with E-state index >= 15 is 0 Å². The minimum atomic E-state index is 0.731. The van der Waals surface area contributed by atoms with Crippen LogP contribution in [0, 0.1) is 13.8 Å². The van der Waals surface area contributed by atoms with Crippen molar-refractivity contribution in [3.8, 4) is 0 Å². The highest BCUT2D eigenvalue weighted by Gasteiger charge is 2.09. The Morgan fingerprint density at radius 3 is 2.52 bits per heavy atom. The Morgan fingerprint density at radius 2 is 1.92 bits per heavy atom. The van der Waals surface area contributed by atoms with Crippen LogP contribution in [-0.2, 0) is 13.6 Å². The molecule has 2 rings (SSSR count). The maximum absolute atomic E-state index is 4.45. The minimum absolute atomic E-state index is 0.731.